The molecular formula is C36H56O7Si. The summed E-state index contributed by atoms with van der Waals surface area (Å²) in [5, 5.41) is 11.0. The zero-order valence-corrected chi connectivity index (χ0v) is 29.0. The van der Waals surface area contributed by atoms with Gasteiger partial charge in [-0.1, -0.05) is 81.9 Å². The summed E-state index contributed by atoms with van der Waals surface area (Å²) in [5.41, 5.74) is 2.32. The van der Waals surface area contributed by atoms with Gasteiger partial charge in [-0.25, -0.2) is 4.79 Å². The summed E-state index contributed by atoms with van der Waals surface area (Å²) in [4.78, 5) is 13.3. The molecule has 44 heavy (non-hydrogen) atoms. The minimum absolute atomic E-state index is 0.0448. The number of hydrogen-bond donors (Lipinski definition) is 1. The molecule has 7 nitrogen and oxygen atoms in total. The summed E-state index contributed by atoms with van der Waals surface area (Å²) in [7, 11) is -2.27. The Bertz CT molecular complexity index is 1120. The molecule has 4 aliphatic heterocycles. The van der Waals surface area contributed by atoms with Crippen LogP contribution in [0.5, 0.6) is 0 Å². The fraction of sp³-hybridized carbons (Fsp3) is 0.694. The molecule has 1 saturated heterocycles. The molecule has 2 bridgehead atoms. The van der Waals surface area contributed by atoms with E-state index >= 15 is 0 Å². The number of fused-ring (bicyclic) bond motifs is 3. The number of esters is 1. The van der Waals surface area contributed by atoms with Crippen molar-refractivity contribution >= 4 is 14.3 Å². The van der Waals surface area contributed by atoms with E-state index in [4.69, 9.17) is 23.4 Å². The first-order chi connectivity index (χ1) is 20.7. The molecule has 4 aliphatic rings. The van der Waals surface area contributed by atoms with Crippen LogP contribution >= 0.6 is 0 Å². The van der Waals surface area contributed by atoms with E-state index in [1.807, 2.05) is 12.2 Å². The maximum Gasteiger partial charge on any atom is 0.330 e. The molecule has 0 radical (unpaired) electrons. The molecule has 0 spiro atoms. The Morgan fingerprint density at radius 3 is 2.61 bits per heavy atom. The largest absolute Gasteiger partial charge is 0.456 e. The maximum absolute atomic E-state index is 13.3. The van der Waals surface area contributed by atoms with Crippen LogP contribution in [0.4, 0.5) is 0 Å². The number of aliphatic hydroxyl groups is 1. The van der Waals surface area contributed by atoms with Gasteiger partial charge >= 0.3 is 5.97 Å². The first-order valence-corrected chi connectivity index (χ1v) is 19.4. The average Bonchev–Trinajstić information content (AvgIpc) is 3.69. The molecule has 1 fully saturated rings. The van der Waals surface area contributed by atoms with Gasteiger partial charge in [-0.15, -0.1) is 0 Å². The SMILES string of the molecule is C=C1C[C@H](C)C[C@@H]2CC=C[C@@H](C/C=C\C(=O)O[C@H]([C@@H](/C=C/[C@@H]3CC(C)=CCO3)O[Si](C)(C)C(C)(C)C)C[C@@H]3O[C@H]3[C@@H](O)C1)O2. The Labute approximate surface area is 266 Å². The minimum atomic E-state index is -2.27. The molecule has 0 aromatic rings. The van der Waals surface area contributed by atoms with Crippen LogP contribution in [0, 0.1) is 5.92 Å². The third-order valence-corrected chi connectivity index (χ3v) is 14.1. The number of cyclic esters (lactones) is 1. The lowest BCUT2D eigenvalue weighted by Crippen LogP contribution is -2.47. The van der Waals surface area contributed by atoms with Crippen LogP contribution in [0.15, 0.2) is 60.3 Å². The van der Waals surface area contributed by atoms with Crippen LogP contribution in [-0.4, -0.2) is 74.8 Å². The highest BCUT2D eigenvalue weighted by Crippen LogP contribution is 2.40. The number of ether oxygens (including phenoxy) is 4. The van der Waals surface area contributed by atoms with E-state index in [-0.39, 0.29) is 35.6 Å². The Hall–Kier alpha value is -1.81. The summed E-state index contributed by atoms with van der Waals surface area (Å²) in [5.74, 6) is -0.0267. The molecule has 0 aromatic carbocycles. The first kappa shape index (κ1) is 35.0. The molecule has 1 N–H and O–H groups in total. The summed E-state index contributed by atoms with van der Waals surface area (Å²) >= 11 is 0. The van der Waals surface area contributed by atoms with Crippen molar-refractivity contribution in [2.45, 2.75) is 147 Å². The molecule has 246 valence electrons. The van der Waals surface area contributed by atoms with Gasteiger partial charge in [-0.3, -0.25) is 0 Å². The molecule has 8 heteroatoms. The Morgan fingerprint density at radius 2 is 1.89 bits per heavy atom. The van der Waals surface area contributed by atoms with Crippen LogP contribution in [-0.2, 0) is 28.2 Å². The van der Waals surface area contributed by atoms with Crippen molar-refractivity contribution < 1.29 is 33.3 Å². The smallest absolute Gasteiger partial charge is 0.330 e. The average molecular weight is 629 g/mol. The van der Waals surface area contributed by atoms with Crippen LogP contribution in [0.25, 0.3) is 0 Å². The molecular weight excluding hydrogens is 572 g/mol. The number of carbonyl (C=O) groups excluding carboxylic acids is 1. The van der Waals surface area contributed by atoms with E-state index in [0.29, 0.717) is 31.8 Å². The third-order valence-electron chi connectivity index (χ3n) is 9.66. The van der Waals surface area contributed by atoms with E-state index in [2.05, 4.69) is 78.6 Å². The summed E-state index contributed by atoms with van der Waals surface area (Å²) < 4.78 is 31.4. The van der Waals surface area contributed by atoms with Gasteiger partial charge in [0.2, 0.25) is 0 Å². The molecule has 0 aliphatic carbocycles. The summed E-state index contributed by atoms with van der Waals surface area (Å²) in [6.07, 6.45) is 16.5. The van der Waals surface area contributed by atoms with Crippen molar-refractivity contribution in [2.75, 3.05) is 6.61 Å². The zero-order chi connectivity index (χ0) is 32.1. The highest BCUT2D eigenvalue weighted by Gasteiger charge is 2.48. The standard InChI is InChI=1S/C36H56O7Si/c1-24-17-18-39-28(20-24)15-16-31(43-44(7,8)36(4,5)6)32-23-33-35(42-33)30(37)22-26(3)19-25(2)21-29-13-9-11-27(40-29)12-10-14-34(38)41-32/h9-11,14-17,25,27-33,35,37H,3,12-13,18-23H2,1-2,4-8H3/b14-10-,16-15+/t25-,27-,28+,29-,30-,31+,32-,33-,35-/m0/s1. The van der Waals surface area contributed by atoms with Crippen LogP contribution < -0.4 is 0 Å². The van der Waals surface area contributed by atoms with Gasteiger partial charge in [0.15, 0.2) is 8.32 Å². The van der Waals surface area contributed by atoms with Crippen LogP contribution in [0.3, 0.4) is 0 Å². The lowest BCUT2D eigenvalue weighted by Gasteiger charge is -2.40. The van der Waals surface area contributed by atoms with E-state index in [0.717, 1.165) is 31.3 Å². The molecule has 9 atom stereocenters. The van der Waals surface area contributed by atoms with Crippen molar-refractivity contribution in [3.05, 3.63) is 60.3 Å². The van der Waals surface area contributed by atoms with E-state index < -0.39 is 32.6 Å². The van der Waals surface area contributed by atoms with Gasteiger partial charge < -0.3 is 28.5 Å². The molecule has 4 heterocycles. The fourth-order valence-electron chi connectivity index (χ4n) is 6.07. The van der Waals surface area contributed by atoms with Gasteiger partial charge in [-0.05, 0) is 69.5 Å². The van der Waals surface area contributed by atoms with Crippen molar-refractivity contribution in [1.29, 1.82) is 0 Å². The number of carbonyl (C=O) groups is 1. The molecule has 0 saturated carbocycles. The van der Waals surface area contributed by atoms with Gasteiger partial charge in [0, 0.05) is 12.5 Å². The van der Waals surface area contributed by atoms with Crippen LogP contribution in [0.1, 0.15) is 79.6 Å². The Morgan fingerprint density at radius 1 is 1.11 bits per heavy atom. The molecule has 0 unspecified atom stereocenters. The third kappa shape index (κ3) is 10.4. The number of epoxide rings is 1. The highest BCUT2D eigenvalue weighted by atomic mass is 28.4. The van der Waals surface area contributed by atoms with Crippen LogP contribution in [0.2, 0.25) is 18.1 Å². The van der Waals surface area contributed by atoms with E-state index in [9.17, 15) is 9.90 Å². The predicted molar refractivity (Wildman–Crippen MR) is 177 cm³/mol. The molecule has 4 rings (SSSR count). The second kappa shape index (κ2) is 15.2. The van der Waals surface area contributed by atoms with Gasteiger partial charge in [0.1, 0.15) is 18.3 Å². The quantitative estimate of drug-likeness (QED) is 0.150. The number of aliphatic hydroxyl groups excluding tert-OH is 1. The summed E-state index contributed by atoms with van der Waals surface area (Å²) in [6.45, 7) is 20.2. The monoisotopic (exact) mass is 628 g/mol. The highest BCUT2D eigenvalue weighted by molar-refractivity contribution is 6.74. The van der Waals surface area contributed by atoms with Crippen molar-refractivity contribution in [2.24, 2.45) is 5.92 Å². The maximum atomic E-state index is 13.3. The second-order valence-electron chi connectivity index (χ2n) is 14.9. The number of hydrogen-bond acceptors (Lipinski definition) is 7. The first-order valence-electron chi connectivity index (χ1n) is 16.5. The van der Waals surface area contributed by atoms with Gasteiger partial charge in [0.25, 0.3) is 0 Å². The second-order valence-corrected chi connectivity index (χ2v) is 19.6. The van der Waals surface area contributed by atoms with Crippen molar-refractivity contribution in [1.82, 2.24) is 0 Å². The number of rotatable bonds is 5. The summed E-state index contributed by atoms with van der Waals surface area (Å²) in [6, 6.07) is 0. The van der Waals surface area contributed by atoms with Gasteiger partial charge in [0.05, 0.1) is 37.1 Å². The lowest BCUT2D eigenvalue weighted by molar-refractivity contribution is -0.147. The lowest BCUT2D eigenvalue weighted by atomic mass is 9.91. The zero-order valence-electron chi connectivity index (χ0n) is 28.0. The van der Waals surface area contributed by atoms with Crippen molar-refractivity contribution in [3.63, 3.8) is 0 Å². The Kier molecular flexibility index (Phi) is 12.1. The van der Waals surface area contributed by atoms with Crippen molar-refractivity contribution in [3.8, 4) is 0 Å². The topological polar surface area (TPSA) is 86.8 Å². The fourth-order valence-corrected chi connectivity index (χ4v) is 7.34. The molecule has 0 amide bonds. The predicted octanol–water partition coefficient (Wildman–Crippen LogP) is 7.13. The van der Waals surface area contributed by atoms with Gasteiger partial charge in [-0.2, -0.15) is 0 Å². The molecule has 0 aromatic heterocycles. The van der Waals surface area contributed by atoms with E-state index in [1.165, 1.54) is 11.6 Å². The van der Waals surface area contributed by atoms with E-state index in [1.54, 1.807) is 0 Å². The normalized spacial score (nSPS) is 36.0. The Balaban J connectivity index is 1.59. The minimum Gasteiger partial charge on any atom is -0.456 e.